The molecule has 0 heterocycles. The lowest BCUT2D eigenvalue weighted by molar-refractivity contribution is -0.0106. The van der Waals surface area contributed by atoms with E-state index in [0.29, 0.717) is 18.5 Å². The lowest BCUT2D eigenvalue weighted by Crippen LogP contribution is -2.46. The molecule has 0 spiro atoms. The SMILES string of the molecule is CC(C)CN(C)C1CCC(O)(CN)CC1. The molecule has 3 nitrogen and oxygen atoms in total. The molecular formula is C12H26N2O. The minimum Gasteiger partial charge on any atom is -0.389 e. The van der Waals surface area contributed by atoms with E-state index in [1.54, 1.807) is 0 Å². The molecule has 0 aromatic carbocycles. The quantitative estimate of drug-likeness (QED) is 0.739. The van der Waals surface area contributed by atoms with E-state index < -0.39 is 5.60 Å². The summed E-state index contributed by atoms with van der Waals surface area (Å²) in [4.78, 5) is 2.43. The third-order valence-corrected chi connectivity index (χ3v) is 3.54. The van der Waals surface area contributed by atoms with Crippen LogP contribution < -0.4 is 5.73 Å². The fraction of sp³-hybridized carbons (Fsp3) is 1.00. The Balaban J connectivity index is 2.36. The molecule has 15 heavy (non-hydrogen) atoms. The van der Waals surface area contributed by atoms with E-state index in [2.05, 4.69) is 25.8 Å². The minimum absolute atomic E-state index is 0.410. The van der Waals surface area contributed by atoms with Crippen molar-refractivity contribution < 1.29 is 5.11 Å². The minimum atomic E-state index is -0.574. The van der Waals surface area contributed by atoms with Gasteiger partial charge in [0.1, 0.15) is 0 Å². The van der Waals surface area contributed by atoms with Crippen LogP contribution in [-0.4, -0.2) is 41.8 Å². The van der Waals surface area contributed by atoms with Gasteiger partial charge in [0.2, 0.25) is 0 Å². The van der Waals surface area contributed by atoms with Crippen LogP contribution in [0.1, 0.15) is 39.5 Å². The Bertz CT molecular complexity index is 186. The van der Waals surface area contributed by atoms with Gasteiger partial charge in [-0.15, -0.1) is 0 Å². The molecule has 0 aromatic rings. The van der Waals surface area contributed by atoms with Gasteiger partial charge < -0.3 is 15.7 Å². The first-order valence-electron chi connectivity index (χ1n) is 6.09. The molecule has 0 aromatic heterocycles. The lowest BCUT2D eigenvalue weighted by atomic mass is 9.81. The molecule has 1 fully saturated rings. The third-order valence-electron chi connectivity index (χ3n) is 3.54. The summed E-state index contributed by atoms with van der Waals surface area (Å²) in [6, 6.07) is 0.638. The first-order chi connectivity index (χ1) is 6.97. The van der Waals surface area contributed by atoms with E-state index in [-0.39, 0.29) is 0 Å². The van der Waals surface area contributed by atoms with E-state index in [1.807, 2.05) is 0 Å². The molecular weight excluding hydrogens is 188 g/mol. The number of aliphatic hydroxyl groups is 1. The second-order valence-electron chi connectivity index (χ2n) is 5.49. The van der Waals surface area contributed by atoms with Crippen LogP contribution in [0.4, 0.5) is 0 Å². The van der Waals surface area contributed by atoms with E-state index in [4.69, 9.17) is 5.73 Å². The molecule has 0 radical (unpaired) electrons. The topological polar surface area (TPSA) is 49.5 Å². The van der Waals surface area contributed by atoms with Gasteiger partial charge in [0.05, 0.1) is 5.60 Å². The van der Waals surface area contributed by atoms with Gasteiger partial charge in [0.25, 0.3) is 0 Å². The van der Waals surface area contributed by atoms with Crippen molar-refractivity contribution in [2.75, 3.05) is 20.1 Å². The average Bonchev–Trinajstić information content (AvgIpc) is 2.18. The Kier molecular flexibility index (Phi) is 4.56. The highest BCUT2D eigenvalue weighted by Crippen LogP contribution is 2.29. The van der Waals surface area contributed by atoms with E-state index in [9.17, 15) is 5.11 Å². The largest absolute Gasteiger partial charge is 0.389 e. The Hall–Kier alpha value is -0.120. The van der Waals surface area contributed by atoms with E-state index in [0.717, 1.165) is 32.2 Å². The van der Waals surface area contributed by atoms with Crippen molar-refractivity contribution in [3.8, 4) is 0 Å². The van der Waals surface area contributed by atoms with E-state index in [1.165, 1.54) is 0 Å². The molecule has 1 saturated carbocycles. The third kappa shape index (κ3) is 3.74. The normalized spacial score (nSPS) is 32.6. The zero-order valence-electron chi connectivity index (χ0n) is 10.4. The van der Waals surface area contributed by atoms with Gasteiger partial charge >= 0.3 is 0 Å². The molecule has 3 N–H and O–H groups in total. The first kappa shape index (κ1) is 12.9. The van der Waals surface area contributed by atoms with Crippen molar-refractivity contribution in [1.29, 1.82) is 0 Å². The summed E-state index contributed by atoms with van der Waals surface area (Å²) in [7, 11) is 2.19. The molecule has 0 bridgehead atoms. The van der Waals surface area contributed by atoms with Crippen LogP contribution in [0.25, 0.3) is 0 Å². The summed E-state index contributed by atoms with van der Waals surface area (Å²) >= 11 is 0. The maximum atomic E-state index is 10.0. The molecule has 0 amide bonds. The van der Waals surface area contributed by atoms with Gasteiger partial charge in [-0.1, -0.05) is 13.8 Å². The molecule has 0 unspecified atom stereocenters. The summed E-state index contributed by atoms with van der Waals surface area (Å²) < 4.78 is 0. The number of hydrogen-bond donors (Lipinski definition) is 2. The van der Waals surface area contributed by atoms with Crippen LogP contribution in [0.2, 0.25) is 0 Å². The van der Waals surface area contributed by atoms with Crippen LogP contribution in [0.5, 0.6) is 0 Å². The maximum absolute atomic E-state index is 10.0. The highest BCUT2D eigenvalue weighted by Gasteiger charge is 2.33. The predicted molar refractivity (Wildman–Crippen MR) is 63.7 cm³/mol. The fourth-order valence-corrected chi connectivity index (χ4v) is 2.51. The van der Waals surface area contributed by atoms with Crippen molar-refractivity contribution in [3.63, 3.8) is 0 Å². The van der Waals surface area contributed by atoms with Gasteiger partial charge in [-0.05, 0) is 38.6 Å². The molecule has 0 saturated heterocycles. The molecule has 3 heteroatoms. The molecule has 1 aliphatic rings. The lowest BCUT2D eigenvalue weighted by Gasteiger charge is -2.39. The first-order valence-corrected chi connectivity index (χ1v) is 6.09. The van der Waals surface area contributed by atoms with Crippen molar-refractivity contribution >= 4 is 0 Å². The fourth-order valence-electron chi connectivity index (χ4n) is 2.51. The van der Waals surface area contributed by atoms with Gasteiger partial charge in [-0.3, -0.25) is 0 Å². The Morgan fingerprint density at radius 1 is 1.40 bits per heavy atom. The Labute approximate surface area is 93.6 Å². The summed E-state index contributed by atoms with van der Waals surface area (Å²) in [5.74, 6) is 0.713. The van der Waals surface area contributed by atoms with Crippen LogP contribution >= 0.6 is 0 Å². The van der Waals surface area contributed by atoms with Crippen LogP contribution in [-0.2, 0) is 0 Å². The van der Waals surface area contributed by atoms with Crippen LogP contribution in [0.3, 0.4) is 0 Å². The van der Waals surface area contributed by atoms with Crippen molar-refractivity contribution in [3.05, 3.63) is 0 Å². The zero-order valence-corrected chi connectivity index (χ0v) is 10.4. The highest BCUT2D eigenvalue weighted by molar-refractivity contribution is 4.89. The summed E-state index contributed by atoms with van der Waals surface area (Å²) in [6.45, 7) is 6.05. The Morgan fingerprint density at radius 3 is 2.33 bits per heavy atom. The highest BCUT2D eigenvalue weighted by atomic mass is 16.3. The summed E-state index contributed by atoms with van der Waals surface area (Å²) in [5.41, 5.74) is 5.00. The average molecular weight is 214 g/mol. The van der Waals surface area contributed by atoms with Crippen molar-refractivity contribution in [2.45, 2.75) is 51.2 Å². The number of nitrogens with two attached hydrogens (primary N) is 1. The second-order valence-corrected chi connectivity index (χ2v) is 5.49. The monoisotopic (exact) mass is 214 g/mol. The molecule has 90 valence electrons. The summed E-state index contributed by atoms with van der Waals surface area (Å²) in [6.07, 6.45) is 3.88. The van der Waals surface area contributed by atoms with Crippen LogP contribution in [0.15, 0.2) is 0 Å². The van der Waals surface area contributed by atoms with Gasteiger partial charge in [-0.25, -0.2) is 0 Å². The standard InChI is InChI=1S/C12H26N2O/c1-10(2)8-14(3)11-4-6-12(15,9-13)7-5-11/h10-11,15H,4-9,13H2,1-3H3. The number of rotatable bonds is 4. The predicted octanol–water partition coefficient (Wildman–Crippen LogP) is 1.21. The summed E-state index contributed by atoms with van der Waals surface area (Å²) in [5, 5.41) is 10.0. The zero-order chi connectivity index (χ0) is 11.5. The van der Waals surface area contributed by atoms with Gasteiger partial charge in [0, 0.05) is 19.1 Å². The number of nitrogens with zero attached hydrogens (tertiary/aromatic N) is 1. The van der Waals surface area contributed by atoms with Gasteiger partial charge in [0.15, 0.2) is 0 Å². The number of hydrogen-bond acceptors (Lipinski definition) is 3. The molecule has 0 aliphatic heterocycles. The van der Waals surface area contributed by atoms with Crippen LogP contribution in [0, 0.1) is 5.92 Å². The smallest absolute Gasteiger partial charge is 0.0770 e. The van der Waals surface area contributed by atoms with E-state index >= 15 is 0 Å². The molecule has 1 aliphatic carbocycles. The van der Waals surface area contributed by atoms with Crippen molar-refractivity contribution in [2.24, 2.45) is 11.7 Å². The maximum Gasteiger partial charge on any atom is 0.0770 e. The Morgan fingerprint density at radius 2 is 1.93 bits per heavy atom. The van der Waals surface area contributed by atoms with Gasteiger partial charge in [-0.2, -0.15) is 0 Å². The molecule has 1 rings (SSSR count). The molecule has 0 atom stereocenters. The second kappa shape index (κ2) is 5.28. The van der Waals surface area contributed by atoms with Crippen molar-refractivity contribution in [1.82, 2.24) is 4.90 Å².